The van der Waals surface area contributed by atoms with E-state index >= 15 is 0 Å². The summed E-state index contributed by atoms with van der Waals surface area (Å²) in [6.07, 6.45) is 7.59. The van der Waals surface area contributed by atoms with E-state index in [-0.39, 0.29) is 5.75 Å². The summed E-state index contributed by atoms with van der Waals surface area (Å²) in [6.45, 7) is 0.446. The van der Waals surface area contributed by atoms with Crippen molar-refractivity contribution in [1.82, 2.24) is 9.88 Å². The number of aromatic amines is 1. The van der Waals surface area contributed by atoms with E-state index in [1.807, 2.05) is 53.7 Å². The van der Waals surface area contributed by atoms with Crippen LogP contribution in [0.15, 0.2) is 53.2 Å². The largest absolute Gasteiger partial charge is 0.361 e. The van der Waals surface area contributed by atoms with Gasteiger partial charge < -0.3 is 9.88 Å². The Morgan fingerprint density at radius 1 is 1.24 bits per heavy atom. The summed E-state index contributed by atoms with van der Waals surface area (Å²) in [5, 5.41) is 1.09. The van der Waals surface area contributed by atoms with E-state index in [1.165, 1.54) is 0 Å². The molecule has 1 N–H and O–H groups in total. The molecule has 2 aromatic rings. The SMILES string of the molecule is O=S1(=O)CCN2C=CC=C(c3ccc4[nH]ccc4c3)C2=N1. The lowest BCUT2D eigenvalue weighted by molar-refractivity contribution is 0.550. The summed E-state index contributed by atoms with van der Waals surface area (Å²) in [5.41, 5.74) is 2.86. The summed E-state index contributed by atoms with van der Waals surface area (Å²) in [5.74, 6) is 0.573. The van der Waals surface area contributed by atoms with Crippen LogP contribution in [0.1, 0.15) is 5.56 Å². The van der Waals surface area contributed by atoms with Gasteiger partial charge in [0.1, 0.15) is 0 Å². The Hall–Kier alpha value is -2.34. The predicted molar refractivity (Wildman–Crippen MR) is 83.3 cm³/mol. The third-order valence-electron chi connectivity index (χ3n) is 3.72. The van der Waals surface area contributed by atoms with E-state index in [0.717, 1.165) is 22.0 Å². The van der Waals surface area contributed by atoms with Crippen molar-refractivity contribution in [2.24, 2.45) is 4.40 Å². The highest BCUT2D eigenvalue weighted by Crippen LogP contribution is 2.27. The average Bonchev–Trinajstić information content (AvgIpc) is 2.93. The van der Waals surface area contributed by atoms with Gasteiger partial charge in [-0.05, 0) is 41.3 Å². The fourth-order valence-corrected chi connectivity index (χ4v) is 3.65. The molecule has 21 heavy (non-hydrogen) atoms. The molecule has 0 saturated heterocycles. The topological polar surface area (TPSA) is 65.5 Å². The van der Waals surface area contributed by atoms with Crippen molar-refractivity contribution in [2.45, 2.75) is 0 Å². The van der Waals surface area contributed by atoms with Crippen LogP contribution in [0.5, 0.6) is 0 Å². The van der Waals surface area contributed by atoms with Crippen LogP contribution >= 0.6 is 0 Å². The Labute approximate surface area is 122 Å². The lowest BCUT2D eigenvalue weighted by Crippen LogP contribution is -2.37. The standard InChI is InChI=1S/C15H13N3O2S/c19-21(20)9-8-18-7-1-2-13(15(18)17-21)11-3-4-14-12(10-11)5-6-16-14/h1-7,10,16H,8-9H2. The summed E-state index contributed by atoms with van der Waals surface area (Å²) < 4.78 is 27.5. The number of aromatic nitrogens is 1. The lowest BCUT2D eigenvalue weighted by Gasteiger charge is -2.29. The fourth-order valence-electron chi connectivity index (χ4n) is 2.66. The lowest BCUT2D eigenvalue weighted by atomic mass is 10.0. The molecule has 1 aromatic heterocycles. The van der Waals surface area contributed by atoms with Gasteiger partial charge in [-0.3, -0.25) is 0 Å². The van der Waals surface area contributed by atoms with E-state index in [1.54, 1.807) is 0 Å². The second-order valence-corrected chi connectivity index (χ2v) is 6.85. The highest BCUT2D eigenvalue weighted by molar-refractivity contribution is 7.90. The number of nitrogens with one attached hydrogen (secondary N) is 1. The zero-order valence-corrected chi connectivity index (χ0v) is 12.0. The number of benzene rings is 1. The van der Waals surface area contributed by atoms with Gasteiger partial charge in [0.25, 0.3) is 10.0 Å². The normalized spacial score (nSPS) is 20.1. The number of hydrogen-bond acceptors (Lipinski definition) is 3. The molecular formula is C15H13N3O2S. The van der Waals surface area contributed by atoms with E-state index in [0.29, 0.717) is 12.4 Å². The van der Waals surface area contributed by atoms with Gasteiger partial charge in [-0.15, -0.1) is 4.40 Å². The Morgan fingerprint density at radius 3 is 3.05 bits per heavy atom. The molecule has 106 valence electrons. The third-order valence-corrected chi connectivity index (χ3v) is 4.87. The molecule has 0 radical (unpaired) electrons. The second-order valence-electron chi connectivity index (χ2n) is 5.10. The minimum absolute atomic E-state index is 0.0605. The van der Waals surface area contributed by atoms with Crippen LogP contribution in [0, 0.1) is 0 Å². The van der Waals surface area contributed by atoms with Gasteiger partial charge in [0.05, 0.1) is 5.75 Å². The van der Waals surface area contributed by atoms with Crippen molar-refractivity contribution in [3.05, 3.63) is 54.4 Å². The fraction of sp³-hybridized carbons (Fsp3) is 0.133. The third kappa shape index (κ3) is 2.08. The summed E-state index contributed by atoms with van der Waals surface area (Å²) in [7, 11) is -3.36. The first-order valence-corrected chi connectivity index (χ1v) is 8.29. The van der Waals surface area contributed by atoms with E-state index in [9.17, 15) is 8.42 Å². The van der Waals surface area contributed by atoms with Crippen LogP contribution in [0.3, 0.4) is 0 Å². The van der Waals surface area contributed by atoms with E-state index in [4.69, 9.17) is 0 Å². The van der Waals surface area contributed by atoms with Gasteiger partial charge in [0, 0.05) is 30.0 Å². The predicted octanol–water partition coefficient (Wildman–Crippen LogP) is 2.12. The van der Waals surface area contributed by atoms with Gasteiger partial charge in [-0.1, -0.05) is 6.07 Å². The molecular weight excluding hydrogens is 286 g/mol. The maximum absolute atomic E-state index is 11.8. The maximum atomic E-state index is 11.8. The second kappa shape index (κ2) is 4.33. The van der Waals surface area contributed by atoms with Gasteiger partial charge in [0.2, 0.25) is 0 Å². The molecule has 0 amide bonds. The van der Waals surface area contributed by atoms with Gasteiger partial charge >= 0.3 is 0 Å². The molecule has 0 spiro atoms. The number of rotatable bonds is 1. The Morgan fingerprint density at radius 2 is 2.14 bits per heavy atom. The molecule has 2 aliphatic heterocycles. The van der Waals surface area contributed by atoms with Gasteiger partial charge in [-0.2, -0.15) is 0 Å². The molecule has 0 unspecified atom stereocenters. The number of sulfonamides is 1. The summed E-state index contributed by atoms with van der Waals surface area (Å²) in [6, 6.07) is 8.01. The van der Waals surface area contributed by atoms with E-state index in [2.05, 4.69) is 9.38 Å². The first-order chi connectivity index (χ1) is 10.1. The van der Waals surface area contributed by atoms with Crippen LogP contribution in [0.4, 0.5) is 0 Å². The molecule has 0 saturated carbocycles. The first kappa shape index (κ1) is 12.4. The summed E-state index contributed by atoms with van der Waals surface area (Å²) in [4.78, 5) is 5.04. The highest BCUT2D eigenvalue weighted by Gasteiger charge is 2.27. The van der Waals surface area contributed by atoms with Crippen LogP contribution < -0.4 is 0 Å². The molecule has 4 rings (SSSR count). The number of H-pyrrole nitrogens is 1. The summed E-state index contributed by atoms with van der Waals surface area (Å²) >= 11 is 0. The molecule has 5 nitrogen and oxygen atoms in total. The molecule has 2 aliphatic rings. The highest BCUT2D eigenvalue weighted by atomic mass is 32.2. The van der Waals surface area contributed by atoms with Crippen molar-refractivity contribution in [1.29, 1.82) is 0 Å². The zero-order valence-electron chi connectivity index (χ0n) is 11.2. The molecule has 6 heteroatoms. The molecule has 0 aliphatic carbocycles. The van der Waals surface area contributed by atoms with Crippen molar-refractivity contribution in [3.63, 3.8) is 0 Å². The Balaban J connectivity index is 1.88. The minimum Gasteiger partial charge on any atom is -0.361 e. The number of fused-ring (bicyclic) bond motifs is 2. The molecule has 3 heterocycles. The van der Waals surface area contributed by atoms with Gasteiger partial charge in [-0.25, -0.2) is 8.42 Å². The number of allylic oxidation sites excluding steroid dienone is 2. The minimum atomic E-state index is -3.36. The molecule has 0 atom stereocenters. The average molecular weight is 299 g/mol. The molecule has 0 fully saturated rings. The van der Waals surface area contributed by atoms with Crippen molar-refractivity contribution < 1.29 is 8.42 Å². The first-order valence-electron chi connectivity index (χ1n) is 6.68. The quantitative estimate of drug-likeness (QED) is 0.877. The Bertz CT molecular complexity index is 919. The number of hydrogen-bond donors (Lipinski definition) is 1. The van der Waals surface area contributed by atoms with Crippen LogP contribution in [0.2, 0.25) is 0 Å². The van der Waals surface area contributed by atoms with Crippen LogP contribution in [0.25, 0.3) is 16.5 Å². The zero-order chi connectivity index (χ0) is 14.4. The van der Waals surface area contributed by atoms with Crippen molar-refractivity contribution in [3.8, 4) is 0 Å². The Kier molecular flexibility index (Phi) is 2.56. The monoisotopic (exact) mass is 299 g/mol. The number of nitrogens with zero attached hydrogens (tertiary/aromatic N) is 2. The van der Waals surface area contributed by atoms with Crippen LogP contribution in [-0.2, 0) is 10.0 Å². The van der Waals surface area contributed by atoms with Crippen molar-refractivity contribution >= 4 is 32.3 Å². The maximum Gasteiger partial charge on any atom is 0.256 e. The number of amidine groups is 1. The molecule has 1 aromatic carbocycles. The van der Waals surface area contributed by atoms with E-state index < -0.39 is 10.0 Å². The van der Waals surface area contributed by atoms with Gasteiger partial charge in [0.15, 0.2) is 5.84 Å². The van der Waals surface area contributed by atoms with Crippen molar-refractivity contribution in [2.75, 3.05) is 12.3 Å². The van der Waals surface area contributed by atoms with Crippen LogP contribution in [-0.4, -0.2) is 36.4 Å². The smallest absolute Gasteiger partial charge is 0.256 e. The molecule has 0 bridgehead atoms.